The molecule has 70 valence electrons. The minimum absolute atomic E-state index is 0.633. The molecule has 0 aromatic heterocycles. The van der Waals surface area contributed by atoms with E-state index in [0.29, 0.717) is 5.92 Å². The van der Waals surface area contributed by atoms with E-state index in [2.05, 4.69) is 11.4 Å². The Morgan fingerprint density at radius 3 is 2.69 bits per heavy atom. The molecule has 0 aliphatic carbocycles. The van der Waals surface area contributed by atoms with Crippen molar-refractivity contribution < 1.29 is 4.74 Å². The molecule has 2 rings (SSSR count). The summed E-state index contributed by atoms with van der Waals surface area (Å²) in [7, 11) is 1.64. The average Bonchev–Trinajstić information content (AvgIpc) is 2.01. The van der Waals surface area contributed by atoms with E-state index in [0.717, 1.165) is 24.5 Å². The maximum Gasteiger partial charge on any atom is 0.141 e. The second-order valence-corrected chi connectivity index (χ2v) is 3.36. The Kier molecular flexibility index (Phi) is 2.10. The molecule has 13 heavy (non-hydrogen) atoms. The third-order valence-electron chi connectivity index (χ3n) is 2.51. The summed E-state index contributed by atoms with van der Waals surface area (Å²) in [6, 6.07) is 6.02. The molecule has 0 bridgehead atoms. The van der Waals surface area contributed by atoms with Crippen LogP contribution in [0.5, 0.6) is 5.75 Å². The van der Waals surface area contributed by atoms with Crippen LogP contribution in [0.1, 0.15) is 11.5 Å². The zero-order chi connectivity index (χ0) is 9.26. The molecule has 1 aromatic rings. The van der Waals surface area contributed by atoms with Gasteiger partial charge in [-0.1, -0.05) is 6.07 Å². The summed E-state index contributed by atoms with van der Waals surface area (Å²) in [5.41, 5.74) is 7.83. The first kappa shape index (κ1) is 8.38. The van der Waals surface area contributed by atoms with Crippen LogP contribution in [0.2, 0.25) is 0 Å². The van der Waals surface area contributed by atoms with E-state index in [9.17, 15) is 0 Å². The molecule has 0 saturated carbocycles. The Balaban J connectivity index is 2.24. The molecule has 0 radical (unpaired) electrons. The van der Waals surface area contributed by atoms with Gasteiger partial charge in [-0.25, -0.2) is 0 Å². The van der Waals surface area contributed by atoms with E-state index in [-0.39, 0.29) is 0 Å². The number of nitrogen functional groups attached to an aromatic ring is 1. The molecule has 3 heteroatoms. The fraction of sp³-hybridized carbons (Fsp3) is 0.400. The zero-order valence-corrected chi connectivity index (χ0v) is 7.71. The molecule has 0 unspecified atom stereocenters. The number of ether oxygens (including phenoxy) is 1. The molecule has 1 saturated heterocycles. The summed E-state index contributed by atoms with van der Waals surface area (Å²) in [5, 5.41) is 3.24. The fourth-order valence-corrected chi connectivity index (χ4v) is 1.53. The molecular weight excluding hydrogens is 164 g/mol. The number of methoxy groups -OCH3 is 1. The normalized spacial score (nSPS) is 16.7. The summed E-state index contributed by atoms with van der Waals surface area (Å²) in [6.07, 6.45) is 0. The highest BCUT2D eigenvalue weighted by molar-refractivity contribution is 5.55. The van der Waals surface area contributed by atoms with Crippen LogP contribution in [0.15, 0.2) is 18.2 Å². The largest absolute Gasteiger partial charge is 0.495 e. The van der Waals surface area contributed by atoms with Gasteiger partial charge in [0.2, 0.25) is 0 Å². The summed E-state index contributed by atoms with van der Waals surface area (Å²) in [6.45, 7) is 2.12. The van der Waals surface area contributed by atoms with Gasteiger partial charge in [0.05, 0.1) is 12.8 Å². The Morgan fingerprint density at radius 2 is 2.23 bits per heavy atom. The minimum atomic E-state index is 0.633. The van der Waals surface area contributed by atoms with E-state index in [1.807, 2.05) is 12.1 Å². The molecule has 1 fully saturated rings. The van der Waals surface area contributed by atoms with Crippen LogP contribution in [0.25, 0.3) is 0 Å². The number of hydrogen-bond donors (Lipinski definition) is 2. The Morgan fingerprint density at radius 1 is 1.46 bits per heavy atom. The van der Waals surface area contributed by atoms with Crippen molar-refractivity contribution in [3.8, 4) is 5.75 Å². The Labute approximate surface area is 77.9 Å². The van der Waals surface area contributed by atoms with Crippen molar-refractivity contribution in [1.82, 2.24) is 5.32 Å². The van der Waals surface area contributed by atoms with Crippen molar-refractivity contribution in [3.63, 3.8) is 0 Å². The maximum atomic E-state index is 5.80. The molecule has 0 spiro atoms. The van der Waals surface area contributed by atoms with Gasteiger partial charge < -0.3 is 15.8 Å². The lowest BCUT2D eigenvalue weighted by atomic mass is 9.93. The molecule has 3 nitrogen and oxygen atoms in total. The smallest absolute Gasteiger partial charge is 0.141 e. The molecular formula is C10H14N2O. The van der Waals surface area contributed by atoms with Gasteiger partial charge in [0, 0.05) is 19.0 Å². The second kappa shape index (κ2) is 3.26. The van der Waals surface area contributed by atoms with E-state index in [1.165, 1.54) is 5.56 Å². The second-order valence-electron chi connectivity index (χ2n) is 3.36. The van der Waals surface area contributed by atoms with Crippen LogP contribution in [0.3, 0.4) is 0 Å². The molecule has 1 heterocycles. The van der Waals surface area contributed by atoms with Crippen molar-refractivity contribution >= 4 is 5.69 Å². The van der Waals surface area contributed by atoms with Crippen molar-refractivity contribution in [2.24, 2.45) is 0 Å². The van der Waals surface area contributed by atoms with Crippen molar-refractivity contribution in [2.75, 3.05) is 25.9 Å². The topological polar surface area (TPSA) is 47.3 Å². The predicted molar refractivity (Wildman–Crippen MR) is 53.0 cm³/mol. The van der Waals surface area contributed by atoms with Crippen LogP contribution >= 0.6 is 0 Å². The highest BCUT2D eigenvalue weighted by atomic mass is 16.5. The van der Waals surface area contributed by atoms with Gasteiger partial charge in [-0.15, -0.1) is 0 Å². The number of anilines is 1. The van der Waals surface area contributed by atoms with Crippen molar-refractivity contribution in [3.05, 3.63) is 23.8 Å². The molecule has 1 aliphatic heterocycles. The third kappa shape index (κ3) is 1.47. The molecule has 0 amide bonds. The summed E-state index contributed by atoms with van der Waals surface area (Å²) >= 11 is 0. The summed E-state index contributed by atoms with van der Waals surface area (Å²) < 4.78 is 5.09. The Bertz CT molecular complexity index is 308. The van der Waals surface area contributed by atoms with Crippen LogP contribution < -0.4 is 15.8 Å². The zero-order valence-electron chi connectivity index (χ0n) is 7.71. The fourth-order valence-electron chi connectivity index (χ4n) is 1.53. The van der Waals surface area contributed by atoms with E-state index < -0.39 is 0 Å². The van der Waals surface area contributed by atoms with Crippen LogP contribution in [-0.2, 0) is 0 Å². The summed E-state index contributed by atoms with van der Waals surface area (Å²) in [5.74, 6) is 1.39. The quantitative estimate of drug-likeness (QED) is 0.663. The van der Waals surface area contributed by atoms with Gasteiger partial charge in [-0.3, -0.25) is 0 Å². The van der Waals surface area contributed by atoms with Gasteiger partial charge >= 0.3 is 0 Å². The monoisotopic (exact) mass is 178 g/mol. The van der Waals surface area contributed by atoms with Crippen LogP contribution in [-0.4, -0.2) is 20.2 Å². The lowest BCUT2D eigenvalue weighted by Crippen LogP contribution is -2.39. The van der Waals surface area contributed by atoms with Gasteiger partial charge in [0.25, 0.3) is 0 Å². The van der Waals surface area contributed by atoms with Crippen LogP contribution in [0.4, 0.5) is 5.69 Å². The number of benzene rings is 1. The van der Waals surface area contributed by atoms with Gasteiger partial charge in [-0.05, 0) is 17.7 Å². The van der Waals surface area contributed by atoms with E-state index in [4.69, 9.17) is 10.5 Å². The van der Waals surface area contributed by atoms with Gasteiger partial charge in [0.1, 0.15) is 5.75 Å². The first-order chi connectivity index (χ1) is 6.31. The van der Waals surface area contributed by atoms with Gasteiger partial charge in [-0.2, -0.15) is 0 Å². The number of nitrogens with two attached hydrogens (primary N) is 1. The first-order valence-electron chi connectivity index (χ1n) is 4.45. The summed E-state index contributed by atoms with van der Waals surface area (Å²) in [4.78, 5) is 0. The molecule has 0 atom stereocenters. The van der Waals surface area contributed by atoms with E-state index in [1.54, 1.807) is 7.11 Å². The maximum absolute atomic E-state index is 5.80. The first-order valence-corrected chi connectivity index (χ1v) is 4.45. The number of hydrogen-bond acceptors (Lipinski definition) is 3. The molecule has 1 aromatic carbocycles. The SMILES string of the molecule is COc1ccc(C2CNC2)cc1N. The molecule has 1 aliphatic rings. The van der Waals surface area contributed by atoms with Gasteiger partial charge in [0.15, 0.2) is 0 Å². The third-order valence-corrected chi connectivity index (χ3v) is 2.51. The predicted octanol–water partition coefficient (Wildman–Crippen LogP) is 0.964. The highest BCUT2D eigenvalue weighted by Gasteiger charge is 2.19. The van der Waals surface area contributed by atoms with Crippen molar-refractivity contribution in [1.29, 1.82) is 0 Å². The van der Waals surface area contributed by atoms with Crippen LogP contribution in [0, 0.1) is 0 Å². The van der Waals surface area contributed by atoms with E-state index >= 15 is 0 Å². The number of nitrogens with one attached hydrogen (secondary N) is 1. The van der Waals surface area contributed by atoms with Crippen molar-refractivity contribution in [2.45, 2.75) is 5.92 Å². The average molecular weight is 178 g/mol. The standard InChI is InChI=1S/C10H14N2O/c1-13-10-3-2-7(4-9(10)11)8-5-12-6-8/h2-4,8,12H,5-6,11H2,1H3. The lowest BCUT2D eigenvalue weighted by molar-refractivity contribution is 0.415. The highest BCUT2D eigenvalue weighted by Crippen LogP contribution is 2.27. The molecule has 3 N–H and O–H groups in total. The minimum Gasteiger partial charge on any atom is -0.495 e. The lowest BCUT2D eigenvalue weighted by Gasteiger charge is -2.27. The number of rotatable bonds is 2. The Hall–Kier alpha value is -1.22.